The van der Waals surface area contributed by atoms with Crippen LogP contribution in [0.15, 0.2) is 18.2 Å². The lowest BCUT2D eigenvalue weighted by molar-refractivity contribution is -0.384. The summed E-state index contributed by atoms with van der Waals surface area (Å²) in [5.74, 6) is 0. The lowest BCUT2D eigenvalue weighted by Gasteiger charge is -2.19. The molecular weight excluding hydrogens is 240 g/mol. The third-order valence-corrected chi connectivity index (χ3v) is 2.99. The molecule has 0 aliphatic carbocycles. The Kier molecular flexibility index (Phi) is 5.38. The van der Waals surface area contributed by atoms with E-state index in [1.165, 1.54) is 6.07 Å². The number of nitro benzene ring substituents is 1. The molecule has 5 heteroatoms. The van der Waals surface area contributed by atoms with E-state index in [-0.39, 0.29) is 5.69 Å². The van der Waals surface area contributed by atoms with Gasteiger partial charge in [-0.25, -0.2) is 0 Å². The zero-order valence-electron chi connectivity index (χ0n) is 10.1. The van der Waals surface area contributed by atoms with Crippen molar-refractivity contribution in [1.29, 1.82) is 0 Å². The van der Waals surface area contributed by atoms with E-state index < -0.39 is 4.92 Å². The Bertz CT molecular complexity index is 396. The van der Waals surface area contributed by atoms with E-state index in [0.29, 0.717) is 11.6 Å². The Labute approximate surface area is 106 Å². The van der Waals surface area contributed by atoms with Crippen molar-refractivity contribution in [3.8, 4) is 0 Å². The molecule has 4 nitrogen and oxygen atoms in total. The fourth-order valence-electron chi connectivity index (χ4n) is 1.70. The highest BCUT2D eigenvalue weighted by Gasteiger charge is 2.11. The first kappa shape index (κ1) is 13.9. The van der Waals surface area contributed by atoms with Gasteiger partial charge in [-0.1, -0.05) is 25.4 Å². The minimum atomic E-state index is -0.393. The number of hydrogen-bond acceptors (Lipinski definition) is 3. The maximum atomic E-state index is 10.7. The molecule has 1 aromatic rings. The van der Waals surface area contributed by atoms with Gasteiger partial charge in [-0.15, -0.1) is 0 Å². The molecule has 94 valence electrons. The Morgan fingerprint density at radius 1 is 1.41 bits per heavy atom. The normalized spacial score (nSPS) is 10.8. The molecule has 0 aliphatic rings. The third kappa shape index (κ3) is 3.98. The monoisotopic (exact) mass is 256 g/mol. The van der Waals surface area contributed by atoms with E-state index in [0.717, 1.165) is 25.1 Å². The van der Waals surface area contributed by atoms with Crippen molar-refractivity contribution in [3.05, 3.63) is 38.9 Å². The fraction of sp³-hybridized carbons (Fsp3) is 0.500. The lowest BCUT2D eigenvalue weighted by Crippen LogP contribution is -2.23. The Balaban J connectivity index is 2.88. The highest BCUT2D eigenvalue weighted by atomic mass is 35.5. The first-order chi connectivity index (χ1) is 8.08. The quantitative estimate of drug-likeness (QED) is 0.578. The van der Waals surface area contributed by atoms with E-state index in [1.54, 1.807) is 12.1 Å². The van der Waals surface area contributed by atoms with Gasteiger partial charge in [0.25, 0.3) is 5.69 Å². The van der Waals surface area contributed by atoms with Crippen molar-refractivity contribution >= 4 is 17.3 Å². The van der Waals surface area contributed by atoms with Gasteiger partial charge in [-0.2, -0.15) is 0 Å². The predicted octanol–water partition coefficient (Wildman–Crippen LogP) is 3.48. The van der Waals surface area contributed by atoms with Crippen LogP contribution in [0.3, 0.4) is 0 Å². The first-order valence-corrected chi connectivity index (χ1v) is 6.11. The highest BCUT2D eigenvalue weighted by Crippen LogP contribution is 2.23. The van der Waals surface area contributed by atoms with Crippen LogP contribution in [0.25, 0.3) is 0 Å². The lowest BCUT2D eigenvalue weighted by atomic mass is 10.2. The van der Waals surface area contributed by atoms with Crippen LogP contribution in [0.4, 0.5) is 5.69 Å². The second-order valence-electron chi connectivity index (χ2n) is 3.90. The standard InChI is InChI=1S/C12H17ClN2O2/c1-3-7-14(4-2)9-10-8-11(15(16)17)5-6-12(10)13/h5-6,8H,3-4,7,9H2,1-2H3. The van der Waals surface area contributed by atoms with Crippen LogP contribution in [-0.4, -0.2) is 22.9 Å². The predicted molar refractivity (Wildman–Crippen MR) is 69.3 cm³/mol. The Hall–Kier alpha value is -1.13. The molecule has 17 heavy (non-hydrogen) atoms. The third-order valence-electron chi connectivity index (χ3n) is 2.62. The van der Waals surface area contributed by atoms with E-state index in [1.807, 2.05) is 0 Å². The van der Waals surface area contributed by atoms with E-state index in [9.17, 15) is 10.1 Å². The summed E-state index contributed by atoms with van der Waals surface area (Å²) in [6.45, 7) is 6.71. The number of hydrogen-bond donors (Lipinski definition) is 0. The number of halogens is 1. The summed E-state index contributed by atoms with van der Waals surface area (Å²) >= 11 is 6.05. The van der Waals surface area contributed by atoms with Crippen LogP contribution < -0.4 is 0 Å². The van der Waals surface area contributed by atoms with Gasteiger partial charge >= 0.3 is 0 Å². The van der Waals surface area contributed by atoms with Gasteiger partial charge in [-0.05, 0) is 31.1 Å². The van der Waals surface area contributed by atoms with E-state index in [2.05, 4.69) is 18.7 Å². The van der Waals surface area contributed by atoms with Gasteiger partial charge in [0, 0.05) is 23.7 Å². The summed E-state index contributed by atoms with van der Waals surface area (Å²) in [4.78, 5) is 12.5. The van der Waals surface area contributed by atoms with Crippen molar-refractivity contribution in [1.82, 2.24) is 4.90 Å². The minimum Gasteiger partial charge on any atom is -0.299 e. The van der Waals surface area contributed by atoms with Crippen LogP contribution in [0.1, 0.15) is 25.8 Å². The first-order valence-electron chi connectivity index (χ1n) is 5.73. The molecule has 0 aromatic heterocycles. The smallest absolute Gasteiger partial charge is 0.269 e. The molecule has 0 saturated carbocycles. The van der Waals surface area contributed by atoms with E-state index in [4.69, 9.17) is 11.6 Å². The Morgan fingerprint density at radius 3 is 2.65 bits per heavy atom. The molecule has 0 atom stereocenters. The summed E-state index contributed by atoms with van der Waals surface area (Å²) < 4.78 is 0. The minimum absolute atomic E-state index is 0.0944. The average Bonchev–Trinajstić information content (AvgIpc) is 2.30. The van der Waals surface area contributed by atoms with Gasteiger partial charge in [0.15, 0.2) is 0 Å². The Morgan fingerprint density at radius 2 is 2.12 bits per heavy atom. The maximum absolute atomic E-state index is 10.7. The number of rotatable bonds is 6. The SMILES string of the molecule is CCCN(CC)Cc1cc([N+](=O)[O-])ccc1Cl. The second kappa shape index (κ2) is 6.57. The summed E-state index contributed by atoms with van der Waals surface area (Å²) in [6.07, 6.45) is 1.06. The number of nitrogens with zero attached hydrogens (tertiary/aromatic N) is 2. The van der Waals surface area contributed by atoms with Crippen molar-refractivity contribution < 1.29 is 4.92 Å². The zero-order chi connectivity index (χ0) is 12.8. The van der Waals surface area contributed by atoms with Crippen molar-refractivity contribution in [2.75, 3.05) is 13.1 Å². The van der Waals surface area contributed by atoms with Crippen molar-refractivity contribution in [2.45, 2.75) is 26.8 Å². The van der Waals surface area contributed by atoms with Crippen LogP contribution in [0.5, 0.6) is 0 Å². The highest BCUT2D eigenvalue weighted by molar-refractivity contribution is 6.31. The molecule has 0 amide bonds. The largest absolute Gasteiger partial charge is 0.299 e. The molecule has 1 rings (SSSR count). The number of non-ortho nitro benzene ring substituents is 1. The van der Waals surface area contributed by atoms with Gasteiger partial charge in [0.2, 0.25) is 0 Å². The van der Waals surface area contributed by atoms with Crippen molar-refractivity contribution in [3.63, 3.8) is 0 Å². The maximum Gasteiger partial charge on any atom is 0.269 e. The summed E-state index contributed by atoms with van der Waals surface area (Å²) in [7, 11) is 0. The second-order valence-corrected chi connectivity index (χ2v) is 4.31. The molecule has 0 fully saturated rings. The van der Waals surface area contributed by atoms with Crippen LogP contribution in [-0.2, 0) is 6.54 Å². The summed E-state index contributed by atoms with van der Waals surface area (Å²) in [6, 6.07) is 4.58. The topological polar surface area (TPSA) is 46.4 Å². The molecule has 0 bridgehead atoms. The molecule has 0 saturated heterocycles. The average molecular weight is 257 g/mol. The molecule has 0 aliphatic heterocycles. The molecule has 0 spiro atoms. The molecule has 0 N–H and O–H groups in total. The fourth-order valence-corrected chi connectivity index (χ4v) is 1.88. The molecule has 0 unspecified atom stereocenters. The summed E-state index contributed by atoms with van der Waals surface area (Å²) in [5, 5.41) is 11.3. The number of benzene rings is 1. The van der Waals surface area contributed by atoms with Crippen LogP contribution in [0.2, 0.25) is 5.02 Å². The molecule has 1 aromatic carbocycles. The summed E-state index contributed by atoms with van der Waals surface area (Å²) in [5.41, 5.74) is 0.910. The van der Waals surface area contributed by atoms with E-state index >= 15 is 0 Å². The zero-order valence-corrected chi connectivity index (χ0v) is 10.9. The van der Waals surface area contributed by atoms with Gasteiger partial charge in [0.05, 0.1) is 4.92 Å². The van der Waals surface area contributed by atoms with Gasteiger partial charge in [-0.3, -0.25) is 15.0 Å². The van der Waals surface area contributed by atoms with Crippen LogP contribution >= 0.6 is 11.6 Å². The van der Waals surface area contributed by atoms with Crippen molar-refractivity contribution in [2.24, 2.45) is 0 Å². The molecule has 0 radical (unpaired) electrons. The molecular formula is C12H17ClN2O2. The van der Waals surface area contributed by atoms with Gasteiger partial charge in [0.1, 0.15) is 0 Å². The van der Waals surface area contributed by atoms with Crippen LogP contribution in [0, 0.1) is 10.1 Å². The van der Waals surface area contributed by atoms with Gasteiger partial charge < -0.3 is 0 Å². The molecule has 0 heterocycles. The number of nitro groups is 1.